The number of hydrogen-bond acceptors (Lipinski definition) is 5. The number of hydrogen-bond donors (Lipinski definition) is 2. The minimum Gasteiger partial charge on any atom is -0.383 e. The molecule has 1 unspecified atom stereocenters. The van der Waals surface area contributed by atoms with Gasteiger partial charge in [-0.3, -0.25) is 0 Å². The van der Waals surface area contributed by atoms with Crippen LogP contribution in [0.5, 0.6) is 0 Å². The molecule has 0 saturated heterocycles. The molecule has 4 N–H and O–H groups in total. The largest absolute Gasteiger partial charge is 0.383 e. The highest BCUT2D eigenvalue weighted by atomic mass is 32.2. The maximum Gasteiger partial charge on any atom is 0.189 e. The molecule has 1 aromatic heterocycles. The lowest BCUT2D eigenvalue weighted by atomic mass is 9.87. The zero-order chi connectivity index (χ0) is 10.8. The maximum atomic E-state index is 5.93. The summed E-state index contributed by atoms with van der Waals surface area (Å²) in [5, 5.41) is 0.775. The van der Waals surface area contributed by atoms with Crippen LogP contribution in [0.15, 0.2) is 5.16 Å². The number of aromatic nitrogens is 2. The van der Waals surface area contributed by atoms with Crippen molar-refractivity contribution >= 4 is 17.6 Å². The van der Waals surface area contributed by atoms with Gasteiger partial charge < -0.3 is 11.5 Å². The van der Waals surface area contributed by atoms with Gasteiger partial charge in [-0.05, 0) is 38.0 Å². The lowest BCUT2D eigenvalue weighted by molar-refractivity contribution is 0.460. The quantitative estimate of drug-likeness (QED) is 0.575. The molecule has 0 aromatic carbocycles. The summed E-state index contributed by atoms with van der Waals surface area (Å²) in [5.74, 6) is 1.19. The van der Waals surface area contributed by atoms with E-state index in [4.69, 9.17) is 11.5 Å². The molecule has 1 atom stereocenters. The molecule has 82 valence electrons. The molecule has 4 nitrogen and oxygen atoms in total. The zero-order valence-electron chi connectivity index (χ0n) is 8.86. The molecule has 0 spiro atoms. The third kappa shape index (κ3) is 2.08. The summed E-state index contributed by atoms with van der Waals surface area (Å²) >= 11 is 1.54. The van der Waals surface area contributed by atoms with E-state index in [-0.39, 0.29) is 0 Å². The maximum absolute atomic E-state index is 5.93. The van der Waals surface area contributed by atoms with E-state index in [1.807, 2.05) is 6.26 Å². The van der Waals surface area contributed by atoms with Crippen molar-refractivity contribution in [3.8, 4) is 0 Å². The fourth-order valence-electron chi connectivity index (χ4n) is 1.98. The lowest BCUT2D eigenvalue weighted by Crippen LogP contribution is -2.24. The third-order valence-electron chi connectivity index (χ3n) is 2.90. The minimum atomic E-state index is 0.545. The molecule has 2 rings (SSSR count). The second kappa shape index (κ2) is 4.37. The van der Waals surface area contributed by atoms with Crippen LogP contribution in [0.25, 0.3) is 0 Å². The highest BCUT2D eigenvalue weighted by molar-refractivity contribution is 7.98. The molecule has 0 amide bonds. The van der Waals surface area contributed by atoms with Crippen LogP contribution in [0.1, 0.15) is 17.7 Å². The van der Waals surface area contributed by atoms with Gasteiger partial charge in [0.15, 0.2) is 5.16 Å². The first-order valence-corrected chi connectivity index (χ1v) is 6.36. The van der Waals surface area contributed by atoms with E-state index in [0.29, 0.717) is 11.7 Å². The third-order valence-corrected chi connectivity index (χ3v) is 3.45. The van der Waals surface area contributed by atoms with Crippen LogP contribution in [0.4, 0.5) is 5.82 Å². The molecular formula is C10H16N4S. The van der Waals surface area contributed by atoms with E-state index in [9.17, 15) is 0 Å². The van der Waals surface area contributed by atoms with E-state index >= 15 is 0 Å². The first-order valence-electron chi connectivity index (χ1n) is 5.14. The molecule has 0 fully saturated rings. The molecule has 0 aliphatic heterocycles. The van der Waals surface area contributed by atoms with Crippen LogP contribution in [-0.4, -0.2) is 22.8 Å². The Bertz CT molecular complexity index is 367. The van der Waals surface area contributed by atoms with Crippen molar-refractivity contribution in [2.45, 2.75) is 24.4 Å². The summed E-state index contributed by atoms with van der Waals surface area (Å²) < 4.78 is 0. The lowest BCUT2D eigenvalue weighted by Gasteiger charge is -2.23. The van der Waals surface area contributed by atoms with Crippen LogP contribution in [-0.2, 0) is 12.8 Å². The van der Waals surface area contributed by atoms with Gasteiger partial charge in [0.25, 0.3) is 0 Å². The fraction of sp³-hybridized carbons (Fsp3) is 0.600. The van der Waals surface area contributed by atoms with Gasteiger partial charge in [-0.15, -0.1) is 0 Å². The van der Waals surface area contributed by atoms with E-state index < -0.39 is 0 Å². The number of anilines is 1. The van der Waals surface area contributed by atoms with Gasteiger partial charge in [0.2, 0.25) is 0 Å². The number of fused-ring (bicyclic) bond motifs is 1. The highest BCUT2D eigenvalue weighted by Gasteiger charge is 2.21. The van der Waals surface area contributed by atoms with Crippen molar-refractivity contribution in [3.63, 3.8) is 0 Å². The first kappa shape index (κ1) is 10.7. The monoisotopic (exact) mass is 224 g/mol. The molecule has 0 saturated carbocycles. The molecular weight excluding hydrogens is 208 g/mol. The van der Waals surface area contributed by atoms with E-state index in [2.05, 4.69) is 9.97 Å². The Balaban J connectivity index is 2.35. The average Bonchev–Trinajstić information content (AvgIpc) is 2.28. The summed E-state index contributed by atoms with van der Waals surface area (Å²) in [5.41, 5.74) is 13.9. The summed E-state index contributed by atoms with van der Waals surface area (Å²) in [4.78, 5) is 8.75. The van der Waals surface area contributed by atoms with Gasteiger partial charge in [-0.2, -0.15) is 0 Å². The van der Waals surface area contributed by atoms with E-state index in [1.54, 1.807) is 0 Å². The molecule has 1 aliphatic carbocycles. The fourth-order valence-corrected chi connectivity index (χ4v) is 2.37. The van der Waals surface area contributed by atoms with Crippen molar-refractivity contribution < 1.29 is 0 Å². The van der Waals surface area contributed by atoms with Crippen LogP contribution in [0.3, 0.4) is 0 Å². The predicted molar refractivity (Wildman–Crippen MR) is 62.8 cm³/mol. The summed E-state index contributed by atoms with van der Waals surface area (Å²) in [6.45, 7) is 0.725. The zero-order valence-corrected chi connectivity index (χ0v) is 9.68. The van der Waals surface area contributed by atoms with Crippen LogP contribution in [0, 0.1) is 5.92 Å². The van der Waals surface area contributed by atoms with Crippen molar-refractivity contribution in [3.05, 3.63) is 11.3 Å². The van der Waals surface area contributed by atoms with Gasteiger partial charge in [0, 0.05) is 5.56 Å². The van der Waals surface area contributed by atoms with E-state index in [0.717, 1.165) is 42.2 Å². The van der Waals surface area contributed by atoms with Gasteiger partial charge >= 0.3 is 0 Å². The summed E-state index contributed by atoms with van der Waals surface area (Å²) in [7, 11) is 0. The van der Waals surface area contributed by atoms with Crippen LogP contribution >= 0.6 is 11.8 Å². The van der Waals surface area contributed by atoms with Gasteiger partial charge in [0.05, 0.1) is 5.69 Å². The van der Waals surface area contributed by atoms with Gasteiger partial charge in [0.1, 0.15) is 5.82 Å². The van der Waals surface area contributed by atoms with Crippen LogP contribution < -0.4 is 11.5 Å². The minimum absolute atomic E-state index is 0.545. The molecule has 1 aromatic rings. The summed E-state index contributed by atoms with van der Waals surface area (Å²) in [6, 6.07) is 0. The van der Waals surface area contributed by atoms with Crippen molar-refractivity contribution in [2.24, 2.45) is 11.7 Å². The Morgan fingerprint density at radius 2 is 2.27 bits per heavy atom. The smallest absolute Gasteiger partial charge is 0.189 e. The standard InChI is InChI=1S/C10H16N4S/c1-15-10-13-8-3-2-6(5-11)4-7(8)9(12)14-10/h6H,2-5,11H2,1H3,(H2,12,13,14). The van der Waals surface area contributed by atoms with Crippen molar-refractivity contribution in [1.29, 1.82) is 0 Å². The number of thioether (sulfide) groups is 1. The normalized spacial score (nSPS) is 20.0. The Morgan fingerprint density at radius 1 is 1.47 bits per heavy atom. The van der Waals surface area contributed by atoms with Crippen molar-refractivity contribution in [1.82, 2.24) is 9.97 Å². The summed E-state index contributed by atoms with van der Waals surface area (Å²) in [6.07, 6.45) is 5.00. The molecule has 1 heterocycles. The Morgan fingerprint density at radius 3 is 2.93 bits per heavy atom. The SMILES string of the molecule is CSc1nc(N)c2c(n1)CCC(CN)C2. The average molecular weight is 224 g/mol. The Labute approximate surface area is 93.9 Å². The Hall–Kier alpha value is -0.810. The number of nitrogens with zero attached hydrogens (tertiary/aromatic N) is 2. The number of aryl methyl sites for hydroxylation is 1. The molecule has 0 radical (unpaired) electrons. The topological polar surface area (TPSA) is 77.8 Å². The van der Waals surface area contributed by atoms with E-state index in [1.165, 1.54) is 11.8 Å². The molecule has 15 heavy (non-hydrogen) atoms. The second-order valence-electron chi connectivity index (χ2n) is 3.87. The second-order valence-corrected chi connectivity index (χ2v) is 4.64. The number of nitrogen functional groups attached to an aromatic ring is 1. The number of nitrogens with two attached hydrogens (primary N) is 2. The molecule has 5 heteroatoms. The van der Waals surface area contributed by atoms with Gasteiger partial charge in [-0.1, -0.05) is 11.8 Å². The van der Waals surface area contributed by atoms with Crippen molar-refractivity contribution in [2.75, 3.05) is 18.5 Å². The molecule has 0 bridgehead atoms. The highest BCUT2D eigenvalue weighted by Crippen LogP contribution is 2.28. The Kier molecular flexibility index (Phi) is 3.11. The van der Waals surface area contributed by atoms with Crippen LogP contribution in [0.2, 0.25) is 0 Å². The molecule has 1 aliphatic rings. The first-order chi connectivity index (χ1) is 7.24. The number of rotatable bonds is 2. The van der Waals surface area contributed by atoms with Gasteiger partial charge in [-0.25, -0.2) is 9.97 Å². The predicted octanol–water partition coefficient (Wildman–Crippen LogP) is 0.844.